The van der Waals surface area contributed by atoms with Crippen LogP contribution in [0.25, 0.3) is 11.1 Å². The fourth-order valence-corrected chi connectivity index (χ4v) is 7.60. The molecule has 0 spiro atoms. The number of benzene rings is 4. The number of carbonyl (C=O) groups is 1. The van der Waals surface area contributed by atoms with Gasteiger partial charge in [0.1, 0.15) is 0 Å². The molecule has 0 aliphatic heterocycles. The first kappa shape index (κ1) is 30.6. The van der Waals surface area contributed by atoms with Crippen molar-refractivity contribution in [1.82, 2.24) is 9.44 Å². The van der Waals surface area contributed by atoms with Crippen LogP contribution in [-0.4, -0.2) is 32.5 Å². The van der Waals surface area contributed by atoms with E-state index in [0.717, 1.165) is 24.3 Å². The van der Waals surface area contributed by atoms with Crippen LogP contribution >= 0.6 is 0 Å². The normalized spacial score (nSPS) is 14.0. The molecule has 5 rings (SSSR count). The Morgan fingerprint density at radius 2 is 0.955 bits per heavy atom. The minimum Gasteiger partial charge on any atom is -0.289 e. The van der Waals surface area contributed by atoms with Gasteiger partial charge in [-0.2, -0.15) is 0 Å². The summed E-state index contributed by atoms with van der Waals surface area (Å²) in [4.78, 5) is 34.8. The first-order valence-corrected chi connectivity index (χ1v) is 16.0. The van der Waals surface area contributed by atoms with E-state index in [0.29, 0.717) is 11.1 Å². The lowest BCUT2D eigenvalue weighted by Crippen LogP contribution is -2.27. The van der Waals surface area contributed by atoms with Crippen molar-refractivity contribution in [2.75, 3.05) is 0 Å². The molecule has 2 unspecified atom stereocenters. The van der Waals surface area contributed by atoms with Crippen LogP contribution in [0.5, 0.6) is 0 Å². The zero-order valence-electron chi connectivity index (χ0n) is 23.1. The highest BCUT2D eigenvalue weighted by Crippen LogP contribution is 2.49. The van der Waals surface area contributed by atoms with Crippen molar-refractivity contribution in [2.24, 2.45) is 0 Å². The Morgan fingerprint density at radius 1 is 0.614 bits per heavy atom. The molecule has 2 N–H and O–H groups in total. The molecule has 1 aliphatic rings. The summed E-state index contributed by atoms with van der Waals surface area (Å²) in [7, 11) is -8.88. The summed E-state index contributed by atoms with van der Waals surface area (Å²) in [6, 6.07) is 18.8. The lowest BCUT2D eigenvalue weighted by Gasteiger charge is -2.15. The third-order valence-corrected chi connectivity index (χ3v) is 10.2. The number of hydrogen-bond acceptors (Lipinski definition) is 9. The Balaban J connectivity index is 1.61. The number of hydrogen-bond donors (Lipinski definition) is 2. The Labute approximate surface area is 252 Å². The van der Waals surface area contributed by atoms with Crippen molar-refractivity contribution in [3.8, 4) is 11.1 Å². The molecule has 44 heavy (non-hydrogen) atoms. The maximum absolute atomic E-state index is 13.6. The van der Waals surface area contributed by atoms with Gasteiger partial charge in [-0.05, 0) is 37.1 Å². The molecule has 0 radical (unpaired) electrons. The highest BCUT2D eigenvalue weighted by Gasteiger charge is 2.42. The van der Waals surface area contributed by atoms with Gasteiger partial charge in [-0.1, -0.05) is 60.7 Å². The Kier molecular flexibility index (Phi) is 7.90. The molecule has 0 saturated heterocycles. The molecule has 4 aromatic rings. The monoisotopic (exact) mass is 636 g/mol. The summed E-state index contributed by atoms with van der Waals surface area (Å²) in [5.74, 6) is -0.998. The lowest BCUT2D eigenvalue weighted by atomic mass is 10.0. The molecule has 0 aromatic heterocycles. The first-order valence-electron chi connectivity index (χ1n) is 13.1. The Morgan fingerprint density at radius 3 is 1.27 bits per heavy atom. The topological polar surface area (TPSA) is 196 Å². The molecule has 4 aromatic carbocycles. The van der Waals surface area contributed by atoms with Crippen molar-refractivity contribution in [3.63, 3.8) is 0 Å². The molecule has 226 valence electrons. The quantitative estimate of drug-likeness (QED) is 0.160. The van der Waals surface area contributed by atoms with Gasteiger partial charge in [0.15, 0.2) is 5.78 Å². The summed E-state index contributed by atoms with van der Waals surface area (Å²) < 4.78 is 58.1. The number of ketones is 1. The highest BCUT2D eigenvalue weighted by atomic mass is 32.2. The summed E-state index contributed by atoms with van der Waals surface area (Å²) in [6.07, 6.45) is 0. The average Bonchev–Trinajstić information content (AvgIpc) is 3.28. The van der Waals surface area contributed by atoms with Crippen LogP contribution in [0.2, 0.25) is 0 Å². The molecule has 1 aliphatic carbocycles. The van der Waals surface area contributed by atoms with Gasteiger partial charge in [-0.15, -0.1) is 0 Å². The van der Waals surface area contributed by atoms with Gasteiger partial charge >= 0.3 is 0 Å². The van der Waals surface area contributed by atoms with Crippen LogP contribution in [0, 0.1) is 20.2 Å². The maximum Gasteiger partial charge on any atom is 0.279 e. The average molecular weight is 637 g/mol. The number of rotatable bonds is 10. The number of nitrogens with zero attached hydrogens (tertiary/aromatic N) is 2. The SMILES string of the molecule is CC(NS(=O)(=O)c1cc2c(c([N+](=O)[O-])c1)-c1c(cc(S(=O)(=O)NC(C)c3ccccc3)cc1[N+](=O)[O-])C2=O)c1ccccc1. The molecule has 0 amide bonds. The molecule has 15 heteroatoms. The third kappa shape index (κ3) is 5.60. The molecular formula is C29H24N4O9S2. The van der Waals surface area contributed by atoms with Crippen molar-refractivity contribution in [3.05, 3.63) is 127 Å². The zero-order valence-corrected chi connectivity index (χ0v) is 24.8. The van der Waals surface area contributed by atoms with E-state index in [1.807, 2.05) is 0 Å². The number of nitrogens with one attached hydrogen (secondary N) is 2. The number of nitro benzene ring substituents is 2. The second-order valence-corrected chi connectivity index (χ2v) is 13.5. The number of nitro groups is 2. The van der Waals surface area contributed by atoms with E-state index in [1.165, 1.54) is 0 Å². The van der Waals surface area contributed by atoms with E-state index in [9.17, 15) is 41.9 Å². The van der Waals surface area contributed by atoms with Gasteiger partial charge in [0.25, 0.3) is 11.4 Å². The van der Waals surface area contributed by atoms with Gasteiger partial charge in [0, 0.05) is 35.3 Å². The van der Waals surface area contributed by atoms with E-state index in [1.54, 1.807) is 74.5 Å². The standard InChI is InChI=1S/C29H24N4O9S2/c1-17(19-9-5-3-6-10-19)30-43(39,40)21-13-23-27(25(15-21)32(35)36)28-24(29(23)34)14-22(16-26(28)33(37)38)44(41,42)31-18(2)20-11-7-4-8-12-20/h3-18,30-31H,1-2H3. The van der Waals surface area contributed by atoms with E-state index < -0.39 is 91.2 Å². The van der Waals surface area contributed by atoms with Crippen LogP contribution in [0.1, 0.15) is 53.0 Å². The fraction of sp³-hybridized carbons (Fsp3) is 0.138. The number of fused-ring (bicyclic) bond motifs is 3. The van der Waals surface area contributed by atoms with E-state index in [2.05, 4.69) is 9.44 Å². The van der Waals surface area contributed by atoms with Crippen molar-refractivity contribution < 1.29 is 31.5 Å². The minimum atomic E-state index is -4.44. The first-order chi connectivity index (χ1) is 20.7. The lowest BCUT2D eigenvalue weighted by molar-refractivity contribution is -0.386. The Bertz CT molecular complexity index is 1900. The Hall–Kier alpha value is -4.83. The third-order valence-electron chi connectivity index (χ3n) is 7.20. The zero-order chi connectivity index (χ0) is 32.0. The largest absolute Gasteiger partial charge is 0.289 e. The second kappa shape index (κ2) is 11.3. The van der Waals surface area contributed by atoms with Gasteiger partial charge in [0.2, 0.25) is 20.0 Å². The molecule has 0 fully saturated rings. The smallest absolute Gasteiger partial charge is 0.279 e. The van der Waals surface area contributed by atoms with Gasteiger partial charge < -0.3 is 0 Å². The predicted octanol–water partition coefficient (Wildman–Crippen LogP) is 4.79. The molecule has 2 atom stereocenters. The van der Waals surface area contributed by atoms with Crippen LogP contribution in [0.3, 0.4) is 0 Å². The van der Waals surface area contributed by atoms with E-state index in [4.69, 9.17) is 0 Å². The van der Waals surface area contributed by atoms with E-state index in [-0.39, 0.29) is 0 Å². The highest BCUT2D eigenvalue weighted by molar-refractivity contribution is 7.89. The minimum absolute atomic E-state index is 0.466. The van der Waals surface area contributed by atoms with Crippen molar-refractivity contribution in [1.29, 1.82) is 0 Å². The predicted molar refractivity (Wildman–Crippen MR) is 159 cm³/mol. The summed E-state index contributed by atoms with van der Waals surface area (Å²) in [5, 5.41) is 24.3. The van der Waals surface area contributed by atoms with Crippen LogP contribution in [-0.2, 0) is 20.0 Å². The fourth-order valence-electron chi connectivity index (χ4n) is 5.05. The summed E-state index contributed by atoms with van der Waals surface area (Å²) >= 11 is 0. The molecule has 0 bridgehead atoms. The molecular weight excluding hydrogens is 612 g/mol. The van der Waals surface area contributed by atoms with Gasteiger partial charge in [-0.25, -0.2) is 26.3 Å². The number of carbonyl (C=O) groups excluding carboxylic acids is 1. The summed E-state index contributed by atoms with van der Waals surface area (Å²) in [6.45, 7) is 3.13. The molecule has 0 saturated carbocycles. The second-order valence-electron chi connectivity index (χ2n) is 10.1. The molecule has 13 nitrogen and oxygen atoms in total. The van der Waals surface area contributed by atoms with E-state index >= 15 is 0 Å². The van der Waals surface area contributed by atoms with Gasteiger partial charge in [0.05, 0.1) is 30.8 Å². The van der Waals surface area contributed by atoms with Crippen LogP contribution in [0.15, 0.2) is 94.7 Å². The summed E-state index contributed by atoms with van der Waals surface area (Å²) in [5.41, 5.74) is -2.41. The molecule has 0 heterocycles. The maximum atomic E-state index is 13.6. The van der Waals surface area contributed by atoms with Gasteiger partial charge in [-0.3, -0.25) is 25.0 Å². The van der Waals surface area contributed by atoms with Crippen LogP contribution < -0.4 is 9.44 Å². The van der Waals surface area contributed by atoms with Crippen LogP contribution in [0.4, 0.5) is 11.4 Å². The number of sulfonamides is 2. The van der Waals surface area contributed by atoms with Crippen molar-refractivity contribution in [2.45, 2.75) is 35.7 Å². The van der Waals surface area contributed by atoms with Crippen molar-refractivity contribution >= 4 is 37.2 Å².